The van der Waals surface area contributed by atoms with Crippen LogP contribution in [0, 0.1) is 0 Å². The summed E-state index contributed by atoms with van der Waals surface area (Å²) in [6.45, 7) is 1.95. The molecule has 0 radical (unpaired) electrons. The largest absolute Gasteiger partial charge is 0.497 e. The van der Waals surface area contributed by atoms with Gasteiger partial charge < -0.3 is 23.5 Å². The molecule has 8 nitrogen and oxygen atoms in total. The molecule has 2 aromatic carbocycles. The average Bonchev–Trinajstić information content (AvgIpc) is 3.09. The lowest BCUT2D eigenvalue weighted by molar-refractivity contribution is -0.143. The molecule has 0 saturated carbocycles. The van der Waals surface area contributed by atoms with Gasteiger partial charge in [-0.1, -0.05) is 11.3 Å². The summed E-state index contributed by atoms with van der Waals surface area (Å²) in [6.07, 6.45) is 0. The van der Waals surface area contributed by atoms with E-state index in [1.54, 1.807) is 42.9 Å². The number of rotatable bonds is 7. The summed E-state index contributed by atoms with van der Waals surface area (Å²) >= 11 is 1.28. The summed E-state index contributed by atoms with van der Waals surface area (Å²) in [6, 6.07) is 10.3. The van der Waals surface area contributed by atoms with Crippen molar-refractivity contribution in [2.24, 2.45) is 4.99 Å². The number of ether oxygens (including phenoxy) is 4. The highest BCUT2D eigenvalue weighted by molar-refractivity contribution is 7.16. The molecule has 0 bridgehead atoms. The number of amides is 1. The molecule has 1 amide bonds. The Labute approximate surface area is 177 Å². The zero-order chi connectivity index (χ0) is 21.7. The Hall–Kier alpha value is -3.33. The van der Waals surface area contributed by atoms with Gasteiger partial charge in [-0.2, -0.15) is 4.99 Å². The van der Waals surface area contributed by atoms with Crippen LogP contribution in [0.25, 0.3) is 10.2 Å². The second-order valence-corrected chi connectivity index (χ2v) is 7.14. The third-order valence-electron chi connectivity index (χ3n) is 4.28. The van der Waals surface area contributed by atoms with Gasteiger partial charge in [-0.15, -0.1) is 0 Å². The summed E-state index contributed by atoms with van der Waals surface area (Å²) < 4.78 is 23.3. The molecule has 9 heteroatoms. The van der Waals surface area contributed by atoms with Crippen molar-refractivity contribution in [3.8, 4) is 17.2 Å². The molecular weight excluding hydrogens is 408 g/mol. The van der Waals surface area contributed by atoms with Gasteiger partial charge in [0, 0.05) is 11.6 Å². The van der Waals surface area contributed by atoms with Gasteiger partial charge in [-0.05, 0) is 37.3 Å². The standard InChI is InChI=1S/C21H22N2O6S/c1-5-29-19(24)12-23-17-7-6-14(26-2)11-18(17)30-21(23)22-20(25)13-8-15(27-3)10-16(9-13)28-4/h6-11H,5,12H2,1-4H3. The molecule has 0 saturated heterocycles. The van der Waals surface area contributed by atoms with Crippen LogP contribution < -0.4 is 19.0 Å². The van der Waals surface area contributed by atoms with Crippen LogP contribution in [0.15, 0.2) is 41.4 Å². The number of thiazole rings is 1. The summed E-state index contributed by atoms with van der Waals surface area (Å²) in [5, 5.41) is 0. The Morgan fingerprint density at radius 2 is 1.63 bits per heavy atom. The maximum atomic E-state index is 12.9. The molecule has 0 fully saturated rings. The number of nitrogens with zero attached hydrogens (tertiary/aromatic N) is 2. The molecule has 1 aromatic heterocycles. The van der Waals surface area contributed by atoms with Gasteiger partial charge in [0.2, 0.25) is 0 Å². The molecule has 30 heavy (non-hydrogen) atoms. The van der Waals surface area contributed by atoms with Gasteiger partial charge in [0.15, 0.2) is 4.80 Å². The molecule has 0 aliphatic rings. The minimum Gasteiger partial charge on any atom is -0.497 e. The molecule has 3 rings (SSSR count). The van der Waals surface area contributed by atoms with Crippen molar-refractivity contribution in [2.45, 2.75) is 13.5 Å². The number of hydrogen-bond acceptors (Lipinski definition) is 7. The average molecular weight is 430 g/mol. The zero-order valence-corrected chi connectivity index (χ0v) is 17.9. The lowest BCUT2D eigenvalue weighted by Crippen LogP contribution is -2.23. The first-order chi connectivity index (χ1) is 14.5. The van der Waals surface area contributed by atoms with Crippen LogP contribution in [-0.4, -0.2) is 44.4 Å². The fourth-order valence-electron chi connectivity index (χ4n) is 2.84. The molecule has 0 N–H and O–H groups in total. The number of esters is 1. The van der Waals surface area contributed by atoms with Crippen molar-refractivity contribution in [3.63, 3.8) is 0 Å². The van der Waals surface area contributed by atoms with E-state index in [-0.39, 0.29) is 13.2 Å². The second-order valence-electron chi connectivity index (χ2n) is 6.13. The van der Waals surface area contributed by atoms with E-state index in [1.807, 2.05) is 12.1 Å². The normalized spacial score (nSPS) is 11.4. The maximum Gasteiger partial charge on any atom is 0.326 e. The monoisotopic (exact) mass is 430 g/mol. The van der Waals surface area contributed by atoms with E-state index in [1.165, 1.54) is 25.6 Å². The van der Waals surface area contributed by atoms with Gasteiger partial charge in [0.05, 0.1) is 38.2 Å². The molecular formula is C21H22N2O6S. The predicted molar refractivity (Wildman–Crippen MR) is 112 cm³/mol. The summed E-state index contributed by atoms with van der Waals surface area (Å²) in [5.41, 5.74) is 1.06. The smallest absolute Gasteiger partial charge is 0.326 e. The van der Waals surface area contributed by atoms with E-state index in [9.17, 15) is 9.59 Å². The van der Waals surface area contributed by atoms with E-state index in [0.29, 0.717) is 27.6 Å². The SMILES string of the molecule is CCOC(=O)Cn1c(=NC(=O)c2cc(OC)cc(OC)c2)sc2cc(OC)ccc21. The fraction of sp³-hybridized carbons (Fsp3) is 0.286. The van der Waals surface area contributed by atoms with Gasteiger partial charge in [0.1, 0.15) is 23.8 Å². The number of carbonyl (C=O) groups excluding carboxylic acids is 2. The fourth-order valence-corrected chi connectivity index (χ4v) is 3.89. The van der Waals surface area contributed by atoms with Crippen LogP contribution >= 0.6 is 11.3 Å². The predicted octanol–water partition coefficient (Wildman–Crippen LogP) is 3.03. The van der Waals surface area contributed by atoms with Crippen LogP contribution in [-0.2, 0) is 16.1 Å². The number of methoxy groups -OCH3 is 3. The van der Waals surface area contributed by atoms with Crippen LogP contribution in [0.4, 0.5) is 0 Å². The van der Waals surface area contributed by atoms with Crippen molar-refractivity contribution >= 4 is 33.4 Å². The van der Waals surface area contributed by atoms with Gasteiger partial charge >= 0.3 is 5.97 Å². The highest BCUT2D eigenvalue weighted by Gasteiger charge is 2.15. The third-order valence-corrected chi connectivity index (χ3v) is 5.32. The quantitative estimate of drug-likeness (QED) is 0.536. The van der Waals surface area contributed by atoms with Crippen LogP contribution in [0.2, 0.25) is 0 Å². The van der Waals surface area contributed by atoms with Crippen LogP contribution in [0.3, 0.4) is 0 Å². The summed E-state index contributed by atoms with van der Waals surface area (Å²) in [4.78, 5) is 29.7. The van der Waals surface area contributed by atoms with E-state index >= 15 is 0 Å². The minimum absolute atomic E-state index is 0.0618. The number of benzene rings is 2. The zero-order valence-electron chi connectivity index (χ0n) is 17.1. The summed E-state index contributed by atoms with van der Waals surface area (Å²) in [5.74, 6) is 0.734. The van der Waals surface area contributed by atoms with Crippen LogP contribution in [0.5, 0.6) is 17.2 Å². The summed E-state index contributed by atoms with van der Waals surface area (Å²) in [7, 11) is 4.59. The minimum atomic E-state index is -0.483. The molecule has 0 spiro atoms. The van der Waals surface area contributed by atoms with E-state index in [4.69, 9.17) is 18.9 Å². The third kappa shape index (κ3) is 4.62. The molecule has 0 aliphatic carbocycles. The van der Waals surface area contributed by atoms with Gasteiger partial charge in [-0.3, -0.25) is 9.59 Å². The first-order valence-corrected chi connectivity index (χ1v) is 9.95. The van der Waals surface area contributed by atoms with Crippen molar-refractivity contribution in [1.82, 2.24) is 4.57 Å². The molecule has 0 unspecified atom stereocenters. The molecule has 1 heterocycles. The molecule has 0 atom stereocenters. The molecule has 0 aliphatic heterocycles. The lowest BCUT2D eigenvalue weighted by Gasteiger charge is -2.07. The topological polar surface area (TPSA) is 88.4 Å². The van der Waals surface area contributed by atoms with E-state index < -0.39 is 11.9 Å². The second kappa shape index (κ2) is 9.45. The number of carbonyl (C=O) groups is 2. The van der Waals surface area contributed by atoms with Crippen molar-refractivity contribution in [1.29, 1.82) is 0 Å². The van der Waals surface area contributed by atoms with E-state index in [2.05, 4.69) is 4.99 Å². The highest BCUT2D eigenvalue weighted by Crippen LogP contribution is 2.25. The Balaban J connectivity index is 2.12. The van der Waals surface area contributed by atoms with E-state index in [0.717, 1.165) is 10.2 Å². The van der Waals surface area contributed by atoms with Gasteiger partial charge in [0.25, 0.3) is 5.91 Å². The van der Waals surface area contributed by atoms with Gasteiger partial charge in [-0.25, -0.2) is 0 Å². The lowest BCUT2D eigenvalue weighted by atomic mass is 10.2. The first-order valence-electron chi connectivity index (χ1n) is 9.14. The van der Waals surface area contributed by atoms with Crippen molar-refractivity contribution in [2.75, 3.05) is 27.9 Å². The van der Waals surface area contributed by atoms with Crippen molar-refractivity contribution < 1.29 is 28.5 Å². The first kappa shape index (κ1) is 21.4. The van der Waals surface area contributed by atoms with Crippen molar-refractivity contribution in [3.05, 3.63) is 46.8 Å². The Kier molecular flexibility index (Phi) is 6.73. The Morgan fingerprint density at radius 3 is 2.23 bits per heavy atom. The highest BCUT2D eigenvalue weighted by atomic mass is 32.1. The molecule has 3 aromatic rings. The Morgan fingerprint density at radius 1 is 0.967 bits per heavy atom. The number of fused-ring (bicyclic) bond motifs is 1. The van der Waals surface area contributed by atoms with Crippen LogP contribution in [0.1, 0.15) is 17.3 Å². The Bertz CT molecular complexity index is 1130. The maximum absolute atomic E-state index is 12.9. The molecule has 158 valence electrons. The number of hydrogen-bond donors (Lipinski definition) is 0. The number of aromatic nitrogens is 1.